The molecule has 0 spiro atoms. The van der Waals surface area contributed by atoms with Crippen LogP contribution in [-0.4, -0.2) is 37.3 Å². The number of hydrogen-bond acceptors (Lipinski definition) is 5. The summed E-state index contributed by atoms with van der Waals surface area (Å²) in [5.41, 5.74) is 0. The van der Waals surface area contributed by atoms with Crippen molar-refractivity contribution in [2.24, 2.45) is 0 Å². The monoisotopic (exact) mass is 177 g/mol. The minimum Gasteiger partial charge on any atom is -0.464 e. The second-order valence-corrected chi connectivity index (χ2v) is 1.99. The van der Waals surface area contributed by atoms with Gasteiger partial charge in [0.15, 0.2) is 0 Å². The molecule has 0 amide bonds. The van der Waals surface area contributed by atoms with E-state index in [1.807, 2.05) is 0 Å². The number of carbonyl (C=O) groups excluding carboxylic acids is 1. The molecule has 6 heteroatoms. The Bertz CT molecular complexity index is 169. The van der Waals surface area contributed by atoms with Gasteiger partial charge in [-0.05, 0) is 6.92 Å². The molecule has 0 aliphatic rings. The van der Waals surface area contributed by atoms with Crippen LogP contribution in [0.5, 0.6) is 0 Å². The zero-order chi connectivity index (χ0) is 9.56. The fourth-order valence-corrected chi connectivity index (χ4v) is 0.616. The Kier molecular flexibility index (Phi) is 4.94. The van der Waals surface area contributed by atoms with Crippen LogP contribution < -0.4 is 0 Å². The molecule has 12 heavy (non-hydrogen) atoms. The number of methoxy groups -OCH3 is 1. The van der Waals surface area contributed by atoms with Gasteiger partial charge in [-0.2, -0.15) is 0 Å². The standard InChI is InChI=1S/C6H11NO5/c1-3-12-6(8)5(11-2)4-7(9)10/h5H,3-4H2,1-2H3. The maximum atomic E-state index is 10.9. The number of rotatable bonds is 5. The van der Waals surface area contributed by atoms with Gasteiger partial charge < -0.3 is 9.47 Å². The van der Waals surface area contributed by atoms with Crippen molar-refractivity contribution in [1.82, 2.24) is 0 Å². The normalized spacial score (nSPS) is 12.2. The van der Waals surface area contributed by atoms with Crippen LogP contribution in [0, 0.1) is 10.1 Å². The van der Waals surface area contributed by atoms with E-state index < -0.39 is 23.5 Å². The van der Waals surface area contributed by atoms with Gasteiger partial charge in [0.05, 0.1) is 6.61 Å². The van der Waals surface area contributed by atoms with Crippen molar-refractivity contribution in [2.45, 2.75) is 13.0 Å². The third-order valence-electron chi connectivity index (χ3n) is 1.15. The minimum atomic E-state index is -1.10. The van der Waals surface area contributed by atoms with Crippen LogP contribution in [0.3, 0.4) is 0 Å². The summed E-state index contributed by atoms with van der Waals surface area (Å²) in [6.45, 7) is 1.25. The molecular weight excluding hydrogens is 166 g/mol. The first-order valence-electron chi connectivity index (χ1n) is 3.43. The molecule has 0 aromatic carbocycles. The van der Waals surface area contributed by atoms with Gasteiger partial charge in [-0.25, -0.2) is 4.79 Å². The highest BCUT2D eigenvalue weighted by Crippen LogP contribution is 1.94. The van der Waals surface area contributed by atoms with Crippen molar-refractivity contribution in [3.8, 4) is 0 Å². The molecule has 0 radical (unpaired) electrons. The van der Waals surface area contributed by atoms with Crippen LogP contribution in [0.15, 0.2) is 0 Å². The summed E-state index contributed by atoms with van der Waals surface area (Å²) in [6.07, 6.45) is -1.10. The van der Waals surface area contributed by atoms with E-state index in [-0.39, 0.29) is 6.61 Å². The maximum Gasteiger partial charge on any atom is 0.342 e. The molecule has 0 rings (SSSR count). The van der Waals surface area contributed by atoms with Gasteiger partial charge in [-0.15, -0.1) is 0 Å². The molecule has 0 fully saturated rings. The smallest absolute Gasteiger partial charge is 0.342 e. The van der Waals surface area contributed by atoms with Gasteiger partial charge in [-0.1, -0.05) is 0 Å². The Morgan fingerprint density at radius 1 is 1.67 bits per heavy atom. The molecule has 0 saturated heterocycles. The molecule has 0 heterocycles. The van der Waals surface area contributed by atoms with Crippen molar-refractivity contribution in [2.75, 3.05) is 20.3 Å². The molecule has 0 aliphatic carbocycles. The van der Waals surface area contributed by atoms with Crippen LogP contribution in [0.25, 0.3) is 0 Å². The summed E-state index contributed by atoms with van der Waals surface area (Å²) >= 11 is 0. The van der Waals surface area contributed by atoms with Gasteiger partial charge in [0, 0.05) is 12.0 Å². The quantitative estimate of drug-likeness (QED) is 0.331. The van der Waals surface area contributed by atoms with Crippen molar-refractivity contribution < 1.29 is 19.2 Å². The summed E-state index contributed by atoms with van der Waals surface area (Å²) < 4.78 is 9.09. The van der Waals surface area contributed by atoms with Gasteiger partial charge in [0.2, 0.25) is 12.6 Å². The van der Waals surface area contributed by atoms with Gasteiger partial charge in [0.25, 0.3) is 0 Å². The van der Waals surface area contributed by atoms with Gasteiger partial charge in [0.1, 0.15) is 0 Å². The number of ether oxygens (including phenoxy) is 2. The third kappa shape index (κ3) is 3.87. The maximum absolute atomic E-state index is 10.9. The fourth-order valence-electron chi connectivity index (χ4n) is 0.616. The summed E-state index contributed by atoms with van der Waals surface area (Å²) in [7, 11) is 1.23. The topological polar surface area (TPSA) is 78.7 Å². The van der Waals surface area contributed by atoms with E-state index >= 15 is 0 Å². The van der Waals surface area contributed by atoms with E-state index in [1.165, 1.54) is 7.11 Å². The number of hydrogen-bond donors (Lipinski definition) is 0. The highest BCUT2D eigenvalue weighted by molar-refractivity contribution is 5.74. The lowest BCUT2D eigenvalue weighted by Gasteiger charge is -2.08. The predicted molar refractivity (Wildman–Crippen MR) is 39.3 cm³/mol. The van der Waals surface area contributed by atoms with E-state index in [2.05, 4.69) is 9.47 Å². The fraction of sp³-hybridized carbons (Fsp3) is 0.833. The first kappa shape index (κ1) is 10.8. The SMILES string of the molecule is CCOC(=O)C(C[N+](=O)[O-])OC. The zero-order valence-electron chi connectivity index (χ0n) is 6.98. The molecular formula is C6H11NO5. The van der Waals surface area contributed by atoms with Crippen LogP contribution in [0.4, 0.5) is 0 Å². The molecule has 0 N–H and O–H groups in total. The summed E-state index contributed by atoms with van der Waals surface area (Å²) in [5.74, 6) is -0.697. The van der Waals surface area contributed by atoms with Crippen molar-refractivity contribution in [3.63, 3.8) is 0 Å². The van der Waals surface area contributed by atoms with E-state index in [0.29, 0.717) is 0 Å². The highest BCUT2D eigenvalue weighted by atomic mass is 16.6. The summed E-state index contributed by atoms with van der Waals surface area (Å²) in [5, 5.41) is 10.00. The molecule has 0 bridgehead atoms. The van der Waals surface area contributed by atoms with Crippen molar-refractivity contribution in [3.05, 3.63) is 10.1 Å². The number of carbonyl (C=O) groups is 1. The lowest BCUT2D eigenvalue weighted by atomic mass is 10.3. The lowest BCUT2D eigenvalue weighted by molar-refractivity contribution is -0.488. The average molecular weight is 177 g/mol. The largest absolute Gasteiger partial charge is 0.464 e. The first-order chi connectivity index (χ1) is 5.61. The highest BCUT2D eigenvalue weighted by Gasteiger charge is 2.24. The second-order valence-electron chi connectivity index (χ2n) is 1.99. The first-order valence-corrected chi connectivity index (χ1v) is 3.43. The Morgan fingerprint density at radius 2 is 2.25 bits per heavy atom. The van der Waals surface area contributed by atoms with E-state index in [1.54, 1.807) is 6.92 Å². The van der Waals surface area contributed by atoms with Crippen LogP contribution in [0.1, 0.15) is 6.92 Å². The predicted octanol–water partition coefficient (Wildman–Crippen LogP) is -0.159. The van der Waals surface area contributed by atoms with Crippen LogP contribution in [0.2, 0.25) is 0 Å². The number of nitro groups is 1. The minimum absolute atomic E-state index is 0.191. The summed E-state index contributed by atoms with van der Waals surface area (Å²) in [6, 6.07) is 0. The van der Waals surface area contributed by atoms with Crippen LogP contribution in [-0.2, 0) is 14.3 Å². The molecule has 70 valence electrons. The lowest BCUT2D eigenvalue weighted by Crippen LogP contribution is -2.32. The zero-order valence-corrected chi connectivity index (χ0v) is 6.98. The molecule has 0 saturated carbocycles. The van der Waals surface area contributed by atoms with Crippen LogP contribution >= 0.6 is 0 Å². The third-order valence-corrected chi connectivity index (χ3v) is 1.15. The Morgan fingerprint density at radius 3 is 2.58 bits per heavy atom. The van der Waals surface area contributed by atoms with E-state index in [9.17, 15) is 14.9 Å². The second kappa shape index (κ2) is 5.48. The molecule has 6 nitrogen and oxygen atoms in total. The van der Waals surface area contributed by atoms with Crippen molar-refractivity contribution >= 4 is 5.97 Å². The molecule has 1 atom stereocenters. The van der Waals surface area contributed by atoms with E-state index in [0.717, 1.165) is 0 Å². The molecule has 0 aromatic rings. The van der Waals surface area contributed by atoms with E-state index in [4.69, 9.17) is 0 Å². The molecule has 0 aromatic heterocycles. The Balaban J connectivity index is 3.96. The van der Waals surface area contributed by atoms with Crippen molar-refractivity contribution in [1.29, 1.82) is 0 Å². The Hall–Kier alpha value is -1.17. The molecule has 0 aliphatic heterocycles. The summed E-state index contributed by atoms with van der Waals surface area (Å²) in [4.78, 5) is 20.2. The molecule has 1 unspecified atom stereocenters. The number of esters is 1. The van der Waals surface area contributed by atoms with Gasteiger partial charge in [-0.3, -0.25) is 10.1 Å². The number of nitrogens with zero attached hydrogens (tertiary/aromatic N) is 1. The average Bonchev–Trinajstić information content (AvgIpc) is 2.00. The van der Waals surface area contributed by atoms with Gasteiger partial charge >= 0.3 is 5.97 Å². The Labute approximate surface area is 69.6 Å².